The average Bonchev–Trinajstić information content (AvgIpc) is 2.95. The fraction of sp³-hybridized carbons (Fsp3) is 0.292. The number of nitrogens with one attached hydrogen (secondary N) is 1. The van der Waals surface area contributed by atoms with E-state index < -0.39 is 81.9 Å². The molecule has 0 radical (unpaired) electrons. The molecule has 17 nitrogen and oxygen atoms in total. The van der Waals surface area contributed by atoms with Gasteiger partial charge in [0.05, 0.1) is 20.8 Å². The summed E-state index contributed by atoms with van der Waals surface area (Å²) in [5.74, 6) is -5.63. The summed E-state index contributed by atoms with van der Waals surface area (Å²) in [5.41, 5.74) is 4.67. The number of amides is 3. The molecule has 0 heterocycles. The standard InChI is InChI=1S/C24H25N5O12S/c25-16(23(34)35)7-9-20(30)26-17(13-42-19-8-6-15(28(37)38)10-18(19)29(39)40)22(33)27(11-21(31)32)24(36)41-12-14-4-2-1-3-5-14/h1-6,8,10,16-17H,7,9,11-13,25H2,(H,26,30)(H,31,32)(H,34,35). The molecule has 0 spiro atoms. The van der Waals surface area contributed by atoms with Gasteiger partial charge < -0.3 is 26.0 Å². The van der Waals surface area contributed by atoms with Crippen molar-refractivity contribution >= 4 is 53.0 Å². The number of carboxylic acid groups (broad SMARTS) is 2. The molecule has 0 saturated heterocycles. The van der Waals surface area contributed by atoms with Gasteiger partial charge >= 0.3 is 18.0 Å². The van der Waals surface area contributed by atoms with Crippen LogP contribution >= 0.6 is 11.8 Å². The summed E-state index contributed by atoms with van der Waals surface area (Å²) < 4.78 is 5.07. The van der Waals surface area contributed by atoms with E-state index in [1.165, 1.54) is 0 Å². The average molecular weight is 608 g/mol. The molecule has 0 fully saturated rings. The second kappa shape index (κ2) is 15.6. The Bertz CT molecular complexity index is 1360. The van der Waals surface area contributed by atoms with Crippen LogP contribution in [0.15, 0.2) is 53.4 Å². The summed E-state index contributed by atoms with van der Waals surface area (Å²) in [6, 6.07) is 7.87. The molecule has 0 saturated carbocycles. The van der Waals surface area contributed by atoms with Crippen LogP contribution in [0.1, 0.15) is 18.4 Å². The van der Waals surface area contributed by atoms with Gasteiger partial charge in [-0.1, -0.05) is 30.3 Å². The number of benzene rings is 2. The highest BCUT2D eigenvalue weighted by Gasteiger charge is 2.34. The lowest BCUT2D eigenvalue weighted by Gasteiger charge is -2.25. The Balaban J connectivity index is 2.33. The van der Waals surface area contributed by atoms with E-state index in [1.54, 1.807) is 30.3 Å². The number of carboxylic acids is 2. The molecule has 224 valence electrons. The number of rotatable bonds is 15. The molecule has 0 bridgehead atoms. The third-order valence-electron chi connectivity index (χ3n) is 5.37. The Hall–Kier alpha value is -5.10. The number of nitro benzene ring substituents is 2. The van der Waals surface area contributed by atoms with Crippen molar-refractivity contribution in [3.05, 3.63) is 74.3 Å². The lowest BCUT2D eigenvalue weighted by molar-refractivity contribution is -0.396. The molecule has 18 heteroatoms. The molecule has 42 heavy (non-hydrogen) atoms. The van der Waals surface area contributed by atoms with Crippen molar-refractivity contribution in [2.45, 2.75) is 36.4 Å². The summed E-state index contributed by atoms with van der Waals surface area (Å²) in [6.07, 6.45) is -2.16. The van der Waals surface area contributed by atoms with E-state index in [0.29, 0.717) is 23.4 Å². The SMILES string of the molecule is NC(CCC(=O)NC(CSc1ccc([N+](=O)[O-])cc1[N+](=O)[O-])C(=O)N(CC(=O)O)C(=O)OCc1ccccc1)C(=O)O. The van der Waals surface area contributed by atoms with Crippen molar-refractivity contribution in [1.82, 2.24) is 10.2 Å². The number of non-ortho nitro benzene ring substituents is 1. The highest BCUT2D eigenvalue weighted by Crippen LogP contribution is 2.33. The number of carbonyl (C=O) groups is 5. The Morgan fingerprint density at radius 3 is 2.26 bits per heavy atom. The molecular weight excluding hydrogens is 582 g/mol. The predicted octanol–water partition coefficient (Wildman–Crippen LogP) is 1.52. The van der Waals surface area contributed by atoms with Gasteiger partial charge in [-0.15, -0.1) is 11.8 Å². The summed E-state index contributed by atoms with van der Waals surface area (Å²) in [7, 11) is 0. The minimum atomic E-state index is -1.68. The lowest BCUT2D eigenvalue weighted by Crippen LogP contribution is -2.53. The van der Waals surface area contributed by atoms with Crippen LogP contribution in [0.25, 0.3) is 0 Å². The topological polar surface area (TPSA) is 263 Å². The zero-order valence-corrected chi connectivity index (χ0v) is 22.4. The van der Waals surface area contributed by atoms with Crippen LogP contribution in [-0.4, -0.2) is 79.2 Å². The summed E-state index contributed by atoms with van der Waals surface area (Å²) in [5, 5.41) is 43.0. The first-order valence-corrected chi connectivity index (χ1v) is 12.9. The molecule has 0 aliphatic rings. The summed E-state index contributed by atoms with van der Waals surface area (Å²) in [4.78, 5) is 82.0. The fourth-order valence-corrected chi connectivity index (χ4v) is 4.28. The van der Waals surface area contributed by atoms with E-state index in [9.17, 15) is 49.3 Å². The molecule has 2 rings (SSSR count). The molecule has 2 atom stereocenters. The van der Waals surface area contributed by atoms with Crippen molar-refractivity contribution in [3.63, 3.8) is 0 Å². The van der Waals surface area contributed by atoms with Gasteiger partial charge in [0.1, 0.15) is 25.2 Å². The summed E-state index contributed by atoms with van der Waals surface area (Å²) >= 11 is 0.617. The van der Waals surface area contributed by atoms with Gasteiger partial charge in [-0.3, -0.25) is 39.4 Å². The van der Waals surface area contributed by atoms with Gasteiger partial charge in [0.15, 0.2) is 0 Å². The van der Waals surface area contributed by atoms with Crippen molar-refractivity contribution in [2.75, 3.05) is 12.3 Å². The molecule has 2 aromatic carbocycles. The number of carbonyl (C=O) groups excluding carboxylic acids is 3. The Kier molecular flexibility index (Phi) is 12.3. The van der Waals surface area contributed by atoms with Crippen LogP contribution in [0, 0.1) is 20.2 Å². The molecule has 0 aromatic heterocycles. The number of hydrogen-bond acceptors (Lipinski definition) is 12. The largest absolute Gasteiger partial charge is 0.480 e. The second-order valence-corrected chi connectivity index (χ2v) is 9.50. The number of aliphatic carboxylic acids is 2. The van der Waals surface area contributed by atoms with Crippen molar-refractivity contribution in [3.8, 4) is 0 Å². The van der Waals surface area contributed by atoms with Crippen LogP contribution in [-0.2, 0) is 30.5 Å². The van der Waals surface area contributed by atoms with Crippen LogP contribution in [0.3, 0.4) is 0 Å². The van der Waals surface area contributed by atoms with Gasteiger partial charge in [-0.25, -0.2) is 9.69 Å². The zero-order valence-electron chi connectivity index (χ0n) is 21.6. The lowest BCUT2D eigenvalue weighted by atomic mass is 10.1. The number of ether oxygens (including phenoxy) is 1. The third kappa shape index (κ3) is 10.1. The Morgan fingerprint density at radius 1 is 1.02 bits per heavy atom. The van der Waals surface area contributed by atoms with E-state index >= 15 is 0 Å². The first-order valence-electron chi connectivity index (χ1n) is 11.9. The van der Waals surface area contributed by atoms with Crippen LogP contribution in [0.5, 0.6) is 0 Å². The first kappa shape index (κ1) is 33.1. The number of nitrogens with two attached hydrogens (primary N) is 1. The molecule has 2 unspecified atom stereocenters. The maximum Gasteiger partial charge on any atom is 0.417 e. The van der Waals surface area contributed by atoms with E-state index in [0.717, 1.165) is 12.1 Å². The van der Waals surface area contributed by atoms with E-state index in [-0.39, 0.29) is 22.8 Å². The highest BCUT2D eigenvalue weighted by molar-refractivity contribution is 7.99. The van der Waals surface area contributed by atoms with Gasteiger partial charge in [-0.05, 0) is 18.1 Å². The predicted molar refractivity (Wildman–Crippen MR) is 143 cm³/mol. The molecule has 5 N–H and O–H groups in total. The number of thioether (sulfide) groups is 1. The number of imide groups is 1. The zero-order chi connectivity index (χ0) is 31.4. The first-order chi connectivity index (χ1) is 19.8. The van der Waals surface area contributed by atoms with Gasteiger partial charge in [0, 0.05) is 18.2 Å². The highest BCUT2D eigenvalue weighted by atomic mass is 32.2. The Morgan fingerprint density at radius 2 is 1.69 bits per heavy atom. The van der Waals surface area contributed by atoms with Crippen molar-refractivity contribution in [1.29, 1.82) is 0 Å². The molecular formula is C24H25N5O12S. The van der Waals surface area contributed by atoms with Crippen LogP contribution in [0.4, 0.5) is 16.2 Å². The van der Waals surface area contributed by atoms with Gasteiger partial charge in [-0.2, -0.15) is 0 Å². The van der Waals surface area contributed by atoms with Gasteiger partial charge in [0.25, 0.3) is 17.3 Å². The van der Waals surface area contributed by atoms with Gasteiger partial charge in [0.2, 0.25) is 5.91 Å². The monoisotopic (exact) mass is 607 g/mol. The maximum atomic E-state index is 13.4. The number of nitro groups is 2. The normalized spacial score (nSPS) is 11.9. The maximum absolute atomic E-state index is 13.4. The minimum absolute atomic E-state index is 0.137. The fourth-order valence-electron chi connectivity index (χ4n) is 3.26. The Labute approximate surface area is 240 Å². The van der Waals surface area contributed by atoms with Crippen LogP contribution < -0.4 is 11.1 Å². The quantitative estimate of drug-likeness (QED) is 0.127. The van der Waals surface area contributed by atoms with Crippen LogP contribution in [0.2, 0.25) is 0 Å². The summed E-state index contributed by atoms with van der Waals surface area (Å²) in [6.45, 7) is -1.48. The molecule has 0 aliphatic heterocycles. The van der Waals surface area contributed by atoms with Crippen molar-refractivity contribution in [2.24, 2.45) is 5.73 Å². The second-order valence-electron chi connectivity index (χ2n) is 8.44. The molecule has 2 aromatic rings. The van der Waals surface area contributed by atoms with E-state index in [4.69, 9.17) is 15.6 Å². The van der Waals surface area contributed by atoms with Crippen molar-refractivity contribution < 1.29 is 48.8 Å². The van der Waals surface area contributed by atoms with E-state index in [1.807, 2.05) is 0 Å². The third-order valence-corrected chi connectivity index (χ3v) is 6.53. The smallest absolute Gasteiger partial charge is 0.417 e. The molecule has 3 amide bonds. The minimum Gasteiger partial charge on any atom is -0.480 e. The molecule has 0 aliphatic carbocycles. The number of hydrogen-bond donors (Lipinski definition) is 4. The number of nitrogens with zero attached hydrogens (tertiary/aromatic N) is 3. The van der Waals surface area contributed by atoms with E-state index in [2.05, 4.69) is 5.32 Å².